The average Bonchev–Trinajstić information content (AvgIpc) is 2.53. The highest BCUT2D eigenvalue weighted by atomic mass is 32.2. The van der Waals surface area contributed by atoms with Gasteiger partial charge in [-0.05, 0) is 44.9 Å². The van der Waals surface area contributed by atoms with E-state index in [0.29, 0.717) is 0 Å². The highest BCUT2D eigenvalue weighted by Gasteiger charge is 2.46. The van der Waals surface area contributed by atoms with Crippen molar-refractivity contribution in [2.75, 3.05) is 0 Å². The molecule has 0 aromatic rings. The summed E-state index contributed by atoms with van der Waals surface area (Å²) in [6, 6.07) is 0. The van der Waals surface area contributed by atoms with Gasteiger partial charge in [0.2, 0.25) is 0 Å². The lowest BCUT2D eigenvalue weighted by atomic mass is 9.88. The third kappa shape index (κ3) is 3.19. The molecule has 98 valence electrons. The van der Waals surface area contributed by atoms with Crippen molar-refractivity contribution in [2.24, 2.45) is 0 Å². The van der Waals surface area contributed by atoms with Gasteiger partial charge in [0, 0.05) is 21.3 Å². The second-order valence-electron chi connectivity index (χ2n) is 5.67. The van der Waals surface area contributed by atoms with E-state index in [9.17, 15) is 9.32 Å². The molecule has 2 atom stereocenters. The van der Waals surface area contributed by atoms with Gasteiger partial charge in [0.25, 0.3) is 0 Å². The van der Waals surface area contributed by atoms with Crippen molar-refractivity contribution in [3.8, 4) is 0 Å². The van der Waals surface area contributed by atoms with Crippen LogP contribution in [0.5, 0.6) is 0 Å². The van der Waals surface area contributed by atoms with Gasteiger partial charge in [-0.25, -0.2) is 0 Å². The van der Waals surface area contributed by atoms with Gasteiger partial charge in [0.1, 0.15) is 0 Å². The molecule has 2 aliphatic rings. The van der Waals surface area contributed by atoms with Crippen molar-refractivity contribution < 1.29 is 9.32 Å². The molecule has 2 saturated heterocycles. The van der Waals surface area contributed by atoms with Gasteiger partial charge in [-0.3, -0.25) is 4.21 Å². The fraction of sp³-hybridized carbons (Fsp3) is 0.857. The van der Waals surface area contributed by atoms with Crippen LogP contribution in [0.1, 0.15) is 57.8 Å². The van der Waals surface area contributed by atoms with Crippen molar-refractivity contribution in [1.82, 2.24) is 0 Å². The SMILES string of the molecule is C=CCCCCCC1(O)CC2CCC(C1)S2=O. The summed E-state index contributed by atoms with van der Waals surface area (Å²) in [5, 5.41) is 11.1. The third-order valence-electron chi connectivity index (χ3n) is 4.23. The van der Waals surface area contributed by atoms with Crippen LogP contribution in [0.25, 0.3) is 0 Å². The molecule has 2 rings (SSSR count). The Kier molecular flexibility index (Phi) is 4.42. The highest BCUT2D eigenvalue weighted by Crippen LogP contribution is 2.42. The van der Waals surface area contributed by atoms with Crippen LogP contribution in [-0.2, 0) is 10.8 Å². The quantitative estimate of drug-likeness (QED) is 0.586. The first-order valence-corrected chi connectivity index (χ1v) is 8.15. The molecule has 0 aliphatic carbocycles. The fourth-order valence-electron chi connectivity index (χ4n) is 3.30. The van der Waals surface area contributed by atoms with Crippen LogP contribution in [0.3, 0.4) is 0 Å². The van der Waals surface area contributed by atoms with E-state index < -0.39 is 16.4 Å². The Morgan fingerprint density at radius 1 is 1.24 bits per heavy atom. The Hall–Kier alpha value is -0.150. The minimum atomic E-state index is -0.649. The number of hydrogen-bond donors (Lipinski definition) is 1. The third-order valence-corrected chi connectivity index (χ3v) is 6.35. The van der Waals surface area contributed by atoms with Gasteiger partial charge in [-0.1, -0.05) is 18.9 Å². The summed E-state index contributed by atoms with van der Waals surface area (Å²) in [5.41, 5.74) is -0.506. The molecular weight excluding hydrogens is 232 g/mol. The fourth-order valence-corrected chi connectivity index (χ4v) is 5.53. The first-order chi connectivity index (χ1) is 8.14. The first-order valence-electron chi connectivity index (χ1n) is 6.87. The van der Waals surface area contributed by atoms with Gasteiger partial charge >= 0.3 is 0 Å². The van der Waals surface area contributed by atoms with Crippen LogP contribution in [0.15, 0.2) is 12.7 Å². The van der Waals surface area contributed by atoms with Crippen LogP contribution < -0.4 is 0 Å². The molecule has 0 radical (unpaired) electrons. The molecule has 0 aromatic carbocycles. The summed E-state index contributed by atoms with van der Waals surface area (Å²) >= 11 is 0. The number of rotatable bonds is 6. The average molecular weight is 256 g/mol. The van der Waals surface area contributed by atoms with Crippen LogP contribution in [-0.4, -0.2) is 25.4 Å². The zero-order chi connectivity index (χ0) is 12.3. The Balaban J connectivity index is 1.76. The molecule has 0 aromatic heterocycles. The van der Waals surface area contributed by atoms with E-state index in [4.69, 9.17) is 0 Å². The predicted molar refractivity (Wildman–Crippen MR) is 72.4 cm³/mol. The van der Waals surface area contributed by atoms with Gasteiger partial charge in [0.15, 0.2) is 0 Å². The normalized spacial score (nSPS) is 40.4. The van der Waals surface area contributed by atoms with Crippen LogP contribution >= 0.6 is 0 Å². The van der Waals surface area contributed by atoms with E-state index in [0.717, 1.165) is 44.9 Å². The maximum absolute atomic E-state index is 11.9. The van der Waals surface area contributed by atoms with Crippen LogP contribution in [0, 0.1) is 0 Å². The molecule has 2 heterocycles. The molecule has 2 nitrogen and oxygen atoms in total. The van der Waals surface area contributed by atoms with Crippen molar-refractivity contribution in [2.45, 2.75) is 73.9 Å². The van der Waals surface area contributed by atoms with E-state index in [-0.39, 0.29) is 10.5 Å². The molecule has 1 N–H and O–H groups in total. The number of allylic oxidation sites excluding steroid dienone is 1. The van der Waals surface area contributed by atoms with Crippen LogP contribution in [0.4, 0.5) is 0 Å². The maximum Gasteiger partial charge on any atom is 0.0670 e. The largest absolute Gasteiger partial charge is 0.390 e. The lowest BCUT2D eigenvalue weighted by molar-refractivity contribution is 0.0119. The lowest BCUT2D eigenvalue weighted by Gasteiger charge is -2.36. The molecule has 0 amide bonds. The zero-order valence-corrected chi connectivity index (χ0v) is 11.4. The zero-order valence-electron chi connectivity index (χ0n) is 10.6. The summed E-state index contributed by atoms with van der Waals surface area (Å²) < 4.78 is 11.9. The minimum Gasteiger partial charge on any atom is -0.390 e. The van der Waals surface area contributed by atoms with Gasteiger partial charge in [-0.2, -0.15) is 0 Å². The monoisotopic (exact) mass is 256 g/mol. The number of fused-ring (bicyclic) bond motifs is 2. The smallest absolute Gasteiger partial charge is 0.0670 e. The summed E-state index contributed by atoms with van der Waals surface area (Å²) in [6.07, 6.45) is 11.1. The summed E-state index contributed by atoms with van der Waals surface area (Å²) in [4.78, 5) is 0. The van der Waals surface area contributed by atoms with Gasteiger partial charge in [-0.15, -0.1) is 6.58 Å². The molecule has 2 aliphatic heterocycles. The van der Waals surface area contributed by atoms with E-state index in [2.05, 4.69) is 6.58 Å². The molecular formula is C14H24O2S. The summed E-state index contributed by atoms with van der Waals surface area (Å²) in [6.45, 7) is 3.72. The molecule has 2 fully saturated rings. The number of hydrogen-bond acceptors (Lipinski definition) is 2. The molecule has 0 saturated carbocycles. The van der Waals surface area contributed by atoms with E-state index >= 15 is 0 Å². The molecule has 0 spiro atoms. The molecule has 2 bridgehead atoms. The van der Waals surface area contributed by atoms with Gasteiger partial charge < -0.3 is 5.11 Å². The lowest BCUT2D eigenvalue weighted by Crippen LogP contribution is -2.42. The summed E-state index contributed by atoms with van der Waals surface area (Å²) in [5.74, 6) is 0. The Morgan fingerprint density at radius 2 is 1.88 bits per heavy atom. The maximum atomic E-state index is 11.9. The first kappa shape index (κ1) is 13.3. The molecule has 2 unspecified atom stereocenters. The summed E-state index contributed by atoms with van der Waals surface area (Å²) in [7, 11) is -0.649. The van der Waals surface area contributed by atoms with Crippen molar-refractivity contribution in [3.05, 3.63) is 12.7 Å². The highest BCUT2D eigenvalue weighted by molar-refractivity contribution is 7.86. The molecule has 17 heavy (non-hydrogen) atoms. The van der Waals surface area contributed by atoms with E-state index in [1.165, 1.54) is 12.8 Å². The minimum absolute atomic E-state index is 0.284. The van der Waals surface area contributed by atoms with Gasteiger partial charge in [0.05, 0.1) is 5.60 Å². The van der Waals surface area contributed by atoms with E-state index in [1.807, 2.05) is 6.08 Å². The standard InChI is InChI=1S/C14H24O2S/c1-2-3-4-5-6-9-14(15)10-12-7-8-13(11-14)17(12)16/h2,12-13,15H,1,3-11H2. The van der Waals surface area contributed by atoms with Crippen LogP contribution in [0.2, 0.25) is 0 Å². The van der Waals surface area contributed by atoms with Crippen molar-refractivity contribution in [3.63, 3.8) is 0 Å². The Labute approximate surface area is 107 Å². The topological polar surface area (TPSA) is 37.3 Å². The Morgan fingerprint density at radius 3 is 2.47 bits per heavy atom. The van der Waals surface area contributed by atoms with Crippen molar-refractivity contribution in [1.29, 1.82) is 0 Å². The number of unbranched alkanes of at least 4 members (excludes halogenated alkanes) is 3. The second kappa shape index (κ2) is 5.66. The predicted octanol–water partition coefficient (Wildman–Crippen LogP) is 2.93. The van der Waals surface area contributed by atoms with E-state index in [1.54, 1.807) is 0 Å². The second-order valence-corrected chi connectivity index (χ2v) is 7.66. The van der Waals surface area contributed by atoms with Crippen molar-refractivity contribution >= 4 is 10.8 Å². The Bertz CT molecular complexity index is 285. The molecule has 3 heteroatoms. The number of aliphatic hydroxyl groups is 1.